The molecule has 0 aliphatic rings. The molecule has 29 heavy (non-hydrogen) atoms. The van der Waals surface area contributed by atoms with Gasteiger partial charge in [-0.1, -0.05) is 12.1 Å². The average molecular weight is 418 g/mol. The zero-order valence-electron chi connectivity index (χ0n) is 15.3. The van der Waals surface area contributed by atoms with Crippen molar-refractivity contribution in [2.24, 2.45) is 0 Å². The zero-order chi connectivity index (χ0) is 22.0. The molecule has 10 heteroatoms. The fourth-order valence-electron chi connectivity index (χ4n) is 2.42. The number of nitrogens with zero attached hydrogens (tertiary/aromatic N) is 1. The lowest BCUT2D eigenvalue weighted by Crippen LogP contribution is -2.23. The molecule has 2 amide bonds. The van der Waals surface area contributed by atoms with Crippen LogP contribution in [0.1, 0.15) is 34.0 Å². The lowest BCUT2D eigenvalue weighted by Gasteiger charge is -2.16. The van der Waals surface area contributed by atoms with Crippen LogP contribution in [0.2, 0.25) is 0 Å². The van der Waals surface area contributed by atoms with E-state index >= 15 is 0 Å². The van der Waals surface area contributed by atoms with Gasteiger partial charge in [0.05, 0.1) is 11.1 Å². The molecule has 0 fully saturated rings. The van der Waals surface area contributed by atoms with Crippen molar-refractivity contribution in [3.05, 3.63) is 64.7 Å². The molecular weight excluding hydrogens is 402 g/mol. The summed E-state index contributed by atoms with van der Waals surface area (Å²) in [4.78, 5) is 25.0. The highest BCUT2D eigenvalue weighted by atomic mass is 19.4. The van der Waals surface area contributed by atoms with Crippen LogP contribution in [0.15, 0.2) is 42.5 Å². The van der Waals surface area contributed by atoms with E-state index in [1.165, 1.54) is 30.0 Å². The number of alkyl halides is 6. The quantitative estimate of drug-likeness (QED) is 0.714. The summed E-state index contributed by atoms with van der Waals surface area (Å²) >= 11 is 0. The molecule has 0 heterocycles. The van der Waals surface area contributed by atoms with Crippen LogP contribution in [0.3, 0.4) is 0 Å². The summed E-state index contributed by atoms with van der Waals surface area (Å²) in [6.45, 7) is 1.57. The summed E-state index contributed by atoms with van der Waals surface area (Å²) in [6.07, 6.45) is -10.1. The Kier molecular flexibility index (Phi) is 6.24. The van der Waals surface area contributed by atoms with Gasteiger partial charge in [0.25, 0.3) is 5.91 Å². The molecule has 0 saturated carbocycles. The first-order valence-corrected chi connectivity index (χ1v) is 8.19. The summed E-state index contributed by atoms with van der Waals surface area (Å²) in [5.41, 5.74) is -3.15. The van der Waals surface area contributed by atoms with Gasteiger partial charge in [-0.05, 0) is 35.9 Å². The van der Waals surface area contributed by atoms with Crippen LogP contribution in [-0.4, -0.2) is 23.8 Å². The van der Waals surface area contributed by atoms with E-state index in [1.54, 1.807) is 13.1 Å². The average Bonchev–Trinajstić information content (AvgIpc) is 2.60. The van der Waals surface area contributed by atoms with Crippen LogP contribution in [0.5, 0.6) is 0 Å². The van der Waals surface area contributed by atoms with Crippen molar-refractivity contribution in [3.63, 3.8) is 0 Å². The number of carbonyl (C=O) groups is 2. The minimum absolute atomic E-state index is 0.0466. The maximum absolute atomic E-state index is 12.9. The van der Waals surface area contributed by atoms with Crippen molar-refractivity contribution < 1.29 is 35.9 Å². The van der Waals surface area contributed by atoms with Crippen LogP contribution in [0.4, 0.5) is 32.0 Å². The van der Waals surface area contributed by atoms with Gasteiger partial charge in [-0.15, -0.1) is 0 Å². The Bertz CT molecular complexity index is 889. The summed E-state index contributed by atoms with van der Waals surface area (Å²) in [7, 11) is 1.55. The second-order valence-corrected chi connectivity index (χ2v) is 6.32. The molecular formula is C19H16F6N2O2. The van der Waals surface area contributed by atoms with Gasteiger partial charge < -0.3 is 10.2 Å². The van der Waals surface area contributed by atoms with E-state index < -0.39 is 35.0 Å². The Morgan fingerprint density at radius 3 is 1.97 bits per heavy atom. The molecule has 2 aromatic rings. The third-order valence-electron chi connectivity index (χ3n) is 3.99. The third kappa shape index (κ3) is 5.97. The Morgan fingerprint density at radius 2 is 1.48 bits per heavy atom. The van der Waals surface area contributed by atoms with Gasteiger partial charge in [0.1, 0.15) is 0 Å². The normalized spacial score (nSPS) is 11.9. The molecule has 0 spiro atoms. The molecule has 4 nitrogen and oxygen atoms in total. The molecule has 1 N–H and O–H groups in total. The SMILES string of the molecule is CC(=O)N(C)Cc1cccc(NC(=O)c2cc(C(F)(F)F)cc(C(F)(F)F)c2)c1. The fourth-order valence-corrected chi connectivity index (χ4v) is 2.42. The van der Waals surface area contributed by atoms with Crippen molar-refractivity contribution in [1.82, 2.24) is 4.90 Å². The van der Waals surface area contributed by atoms with Crippen molar-refractivity contribution in [2.75, 3.05) is 12.4 Å². The smallest absolute Gasteiger partial charge is 0.342 e. The van der Waals surface area contributed by atoms with Crippen LogP contribution < -0.4 is 5.32 Å². The second kappa shape index (κ2) is 8.14. The van der Waals surface area contributed by atoms with Crippen LogP contribution in [0, 0.1) is 0 Å². The van der Waals surface area contributed by atoms with Crippen molar-refractivity contribution in [2.45, 2.75) is 25.8 Å². The maximum Gasteiger partial charge on any atom is 0.416 e. The van der Waals surface area contributed by atoms with Gasteiger partial charge in [-0.2, -0.15) is 26.3 Å². The van der Waals surface area contributed by atoms with Gasteiger partial charge >= 0.3 is 12.4 Å². The minimum Gasteiger partial charge on any atom is -0.342 e. The van der Waals surface area contributed by atoms with E-state index in [1.807, 2.05) is 0 Å². The number of anilines is 1. The number of hydrogen-bond acceptors (Lipinski definition) is 2. The summed E-state index contributed by atoms with van der Waals surface area (Å²) in [5.74, 6) is -1.33. The first-order chi connectivity index (χ1) is 13.3. The van der Waals surface area contributed by atoms with E-state index in [4.69, 9.17) is 0 Å². The maximum atomic E-state index is 12.9. The topological polar surface area (TPSA) is 49.4 Å². The Labute approximate surface area is 162 Å². The number of nitrogens with one attached hydrogen (secondary N) is 1. The third-order valence-corrected chi connectivity index (χ3v) is 3.99. The minimum atomic E-state index is -5.05. The molecule has 0 unspecified atom stereocenters. The van der Waals surface area contributed by atoms with E-state index in [0.29, 0.717) is 17.7 Å². The molecule has 0 atom stereocenters. The van der Waals surface area contributed by atoms with Gasteiger partial charge in [-0.25, -0.2) is 0 Å². The molecule has 2 rings (SSSR count). The largest absolute Gasteiger partial charge is 0.416 e. The molecule has 0 radical (unpaired) electrons. The van der Waals surface area contributed by atoms with E-state index in [-0.39, 0.29) is 24.2 Å². The molecule has 156 valence electrons. The highest BCUT2D eigenvalue weighted by molar-refractivity contribution is 6.04. The van der Waals surface area contributed by atoms with Gasteiger partial charge in [0.15, 0.2) is 0 Å². The predicted molar refractivity (Wildman–Crippen MR) is 93.0 cm³/mol. The van der Waals surface area contributed by atoms with Crippen LogP contribution in [0.25, 0.3) is 0 Å². The van der Waals surface area contributed by atoms with Crippen molar-refractivity contribution in [3.8, 4) is 0 Å². The second-order valence-electron chi connectivity index (χ2n) is 6.32. The lowest BCUT2D eigenvalue weighted by atomic mass is 10.0. The van der Waals surface area contributed by atoms with E-state index in [0.717, 1.165) is 0 Å². The molecule has 0 aromatic heterocycles. The fraction of sp³-hybridized carbons (Fsp3) is 0.263. The van der Waals surface area contributed by atoms with Gasteiger partial charge in [0.2, 0.25) is 5.91 Å². The number of benzene rings is 2. The van der Waals surface area contributed by atoms with E-state index in [9.17, 15) is 35.9 Å². The highest BCUT2D eigenvalue weighted by Crippen LogP contribution is 2.36. The monoisotopic (exact) mass is 418 g/mol. The van der Waals surface area contributed by atoms with Crippen molar-refractivity contribution in [1.29, 1.82) is 0 Å². The Hall–Kier alpha value is -3.04. The first kappa shape index (κ1) is 22.3. The summed E-state index contributed by atoms with van der Waals surface area (Å²) in [5, 5.41) is 2.28. The number of amides is 2. The molecule has 0 aliphatic carbocycles. The molecule has 2 aromatic carbocycles. The number of hydrogen-bond donors (Lipinski definition) is 1. The summed E-state index contributed by atoms with van der Waals surface area (Å²) < 4.78 is 77.6. The van der Waals surface area contributed by atoms with Crippen LogP contribution in [-0.2, 0) is 23.7 Å². The Balaban J connectivity index is 2.32. The van der Waals surface area contributed by atoms with Gasteiger partial charge in [-0.3, -0.25) is 9.59 Å². The number of halogens is 6. The van der Waals surface area contributed by atoms with Gasteiger partial charge in [0, 0.05) is 31.8 Å². The zero-order valence-corrected chi connectivity index (χ0v) is 15.3. The van der Waals surface area contributed by atoms with E-state index in [2.05, 4.69) is 5.32 Å². The van der Waals surface area contributed by atoms with Crippen LogP contribution >= 0.6 is 0 Å². The highest BCUT2D eigenvalue weighted by Gasteiger charge is 2.37. The number of rotatable bonds is 4. The molecule has 0 aliphatic heterocycles. The molecule has 0 saturated heterocycles. The number of carbonyl (C=O) groups excluding carboxylic acids is 2. The predicted octanol–water partition coefficient (Wildman–Crippen LogP) is 4.95. The summed E-state index contributed by atoms with van der Waals surface area (Å²) in [6, 6.07) is 6.75. The van der Waals surface area contributed by atoms with Crippen molar-refractivity contribution >= 4 is 17.5 Å². The first-order valence-electron chi connectivity index (χ1n) is 8.19. The molecule has 0 bridgehead atoms. The lowest BCUT2D eigenvalue weighted by molar-refractivity contribution is -0.143. The Morgan fingerprint density at radius 1 is 0.931 bits per heavy atom. The standard InChI is InChI=1S/C19H16F6N2O2/c1-11(28)27(2)10-12-4-3-5-16(6-12)26-17(29)13-7-14(18(20,21)22)9-15(8-13)19(23,24)25/h3-9H,10H2,1-2H3,(H,26,29).